The lowest BCUT2D eigenvalue weighted by Gasteiger charge is -2.58. The Morgan fingerprint density at radius 3 is 2.30 bits per heavy atom. The van der Waals surface area contributed by atoms with E-state index < -0.39 is 0 Å². The summed E-state index contributed by atoms with van der Waals surface area (Å²) in [6.45, 7) is 8.83. The highest BCUT2D eigenvalue weighted by Gasteiger charge is 2.50. The van der Waals surface area contributed by atoms with Gasteiger partial charge in [0.1, 0.15) is 0 Å². The van der Waals surface area contributed by atoms with E-state index >= 15 is 0 Å². The van der Waals surface area contributed by atoms with E-state index in [9.17, 15) is 0 Å². The van der Waals surface area contributed by atoms with Gasteiger partial charge in [-0.1, -0.05) is 6.92 Å². The van der Waals surface area contributed by atoms with Gasteiger partial charge < -0.3 is 4.90 Å². The maximum Gasteiger partial charge on any atom is 0.0228 e. The zero-order valence-electron chi connectivity index (χ0n) is 6.31. The second-order valence-corrected chi connectivity index (χ2v) is 4.95. The van der Waals surface area contributed by atoms with Gasteiger partial charge in [-0.15, -0.1) is 0 Å². The summed E-state index contributed by atoms with van der Waals surface area (Å²) in [5.74, 6) is 0. The standard InChI is InChI=1S/C7H13IN2/c1-2-9-3-7(4-9)5-10(8)6-7/h2-6H2,1H3. The molecule has 0 atom stereocenters. The van der Waals surface area contributed by atoms with Crippen molar-refractivity contribution < 1.29 is 0 Å². The molecule has 2 aliphatic rings. The first-order valence-electron chi connectivity index (χ1n) is 3.87. The van der Waals surface area contributed by atoms with Gasteiger partial charge in [0.05, 0.1) is 0 Å². The van der Waals surface area contributed by atoms with Crippen LogP contribution in [0.1, 0.15) is 6.92 Å². The van der Waals surface area contributed by atoms with Gasteiger partial charge in [0.25, 0.3) is 0 Å². The number of nitrogens with zero attached hydrogens (tertiary/aromatic N) is 2. The Morgan fingerprint density at radius 2 is 1.90 bits per heavy atom. The summed E-state index contributed by atoms with van der Waals surface area (Å²) in [5.41, 5.74) is 0.733. The maximum absolute atomic E-state index is 2.52. The first-order valence-corrected chi connectivity index (χ1v) is 4.84. The Balaban J connectivity index is 1.80. The molecule has 3 heteroatoms. The lowest BCUT2D eigenvalue weighted by atomic mass is 9.74. The summed E-state index contributed by atoms with van der Waals surface area (Å²) in [7, 11) is 0. The molecular weight excluding hydrogens is 239 g/mol. The summed E-state index contributed by atoms with van der Waals surface area (Å²) >= 11 is 2.41. The minimum absolute atomic E-state index is 0.733. The smallest absolute Gasteiger partial charge is 0.0228 e. The van der Waals surface area contributed by atoms with Gasteiger partial charge in [0.15, 0.2) is 0 Å². The molecule has 58 valence electrons. The van der Waals surface area contributed by atoms with E-state index in [1.807, 2.05) is 0 Å². The number of rotatable bonds is 1. The minimum atomic E-state index is 0.733. The van der Waals surface area contributed by atoms with E-state index in [0.717, 1.165) is 5.41 Å². The summed E-state index contributed by atoms with van der Waals surface area (Å²) in [6, 6.07) is 0. The summed E-state index contributed by atoms with van der Waals surface area (Å²) in [6.07, 6.45) is 0. The van der Waals surface area contributed by atoms with E-state index in [2.05, 4.69) is 37.8 Å². The van der Waals surface area contributed by atoms with Crippen molar-refractivity contribution in [3.63, 3.8) is 0 Å². The van der Waals surface area contributed by atoms with E-state index in [-0.39, 0.29) is 0 Å². The lowest BCUT2D eigenvalue weighted by molar-refractivity contribution is -0.0670. The molecule has 0 saturated carbocycles. The number of hydrogen-bond acceptors (Lipinski definition) is 2. The summed E-state index contributed by atoms with van der Waals surface area (Å²) in [4.78, 5) is 2.52. The van der Waals surface area contributed by atoms with Crippen LogP contribution >= 0.6 is 22.9 Å². The predicted octanol–water partition coefficient (Wildman–Crippen LogP) is 0.974. The molecule has 2 rings (SSSR count). The van der Waals surface area contributed by atoms with Crippen LogP contribution in [0.2, 0.25) is 0 Å². The van der Waals surface area contributed by atoms with Crippen molar-refractivity contribution in [1.82, 2.24) is 8.01 Å². The molecule has 2 heterocycles. The van der Waals surface area contributed by atoms with Gasteiger partial charge in [0, 0.05) is 54.5 Å². The van der Waals surface area contributed by atoms with Crippen molar-refractivity contribution in [3.05, 3.63) is 0 Å². The molecule has 2 aliphatic heterocycles. The lowest BCUT2D eigenvalue weighted by Crippen LogP contribution is -2.69. The van der Waals surface area contributed by atoms with Crippen molar-refractivity contribution in [1.29, 1.82) is 0 Å². The van der Waals surface area contributed by atoms with Crippen molar-refractivity contribution in [2.24, 2.45) is 5.41 Å². The average Bonchev–Trinajstić information content (AvgIpc) is 1.74. The predicted molar refractivity (Wildman–Crippen MR) is 50.1 cm³/mol. The number of hydrogen-bond donors (Lipinski definition) is 0. The van der Waals surface area contributed by atoms with Crippen LogP contribution in [-0.2, 0) is 0 Å². The van der Waals surface area contributed by atoms with E-state index in [1.165, 1.54) is 32.7 Å². The molecule has 0 aromatic rings. The van der Waals surface area contributed by atoms with Crippen molar-refractivity contribution >= 4 is 22.9 Å². The minimum Gasteiger partial charge on any atom is -0.302 e. The van der Waals surface area contributed by atoms with Gasteiger partial charge in [-0.2, -0.15) is 0 Å². The van der Waals surface area contributed by atoms with Crippen LogP contribution in [-0.4, -0.2) is 40.7 Å². The average molecular weight is 252 g/mol. The van der Waals surface area contributed by atoms with E-state index in [0.29, 0.717) is 0 Å². The van der Waals surface area contributed by atoms with Crippen molar-refractivity contribution in [2.75, 3.05) is 32.7 Å². The van der Waals surface area contributed by atoms with E-state index in [1.54, 1.807) is 0 Å². The third-order valence-electron chi connectivity index (χ3n) is 2.58. The Labute approximate surface area is 76.1 Å². The molecule has 0 unspecified atom stereocenters. The Kier molecular flexibility index (Phi) is 1.69. The van der Waals surface area contributed by atoms with Crippen molar-refractivity contribution in [3.8, 4) is 0 Å². The maximum atomic E-state index is 2.52. The van der Waals surface area contributed by atoms with Gasteiger partial charge >= 0.3 is 0 Å². The van der Waals surface area contributed by atoms with E-state index in [4.69, 9.17) is 0 Å². The number of halogens is 1. The largest absolute Gasteiger partial charge is 0.302 e. The highest BCUT2D eigenvalue weighted by molar-refractivity contribution is 14.1. The van der Waals surface area contributed by atoms with Crippen LogP contribution < -0.4 is 0 Å². The second kappa shape index (κ2) is 2.32. The van der Waals surface area contributed by atoms with Crippen LogP contribution in [0.3, 0.4) is 0 Å². The van der Waals surface area contributed by atoms with Crippen LogP contribution in [0.4, 0.5) is 0 Å². The highest BCUT2D eigenvalue weighted by Crippen LogP contribution is 2.40. The summed E-state index contributed by atoms with van der Waals surface area (Å²) < 4.78 is 2.38. The van der Waals surface area contributed by atoms with Crippen LogP contribution in [0.15, 0.2) is 0 Å². The second-order valence-electron chi connectivity index (χ2n) is 3.58. The fourth-order valence-corrected chi connectivity index (χ4v) is 3.45. The molecule has 0 bridgehead atoms. The molecular formula is C7H13IN2. The van der Waals surface area contributed by atoms with Gasteiger partial charge in [-0.25, -0.2) is 3.11 Å². The van der Waals surface area contributed by atoms with Gasteiger partial charge in [0.2, 0.25) is 0 Å². The third-order valence-corrected chi connectivity index (χ3v) is 3.26. The molecule has 0 aromatic carbocycles. The molecule has 10 heavy (non-hydrogen) atoms. The fraction of sp³-hybridized carbons (Fsp3) is 1.00. The Hall–Kier alpha value is 0.650. The first-order chi connectivity index (χ1) is 4.74. The molecule has 0 radical (unpaired) electrons. The monoisotopic (exact) mass is 252 g/mol. The fourth-order valence-electron chi connectivity index (χ4n) is 2.01. The van der Waals surface area contributed by atoms with Crippen LogP contribution in [0.25, 0.3) is 0 Å². The summed E-state index contributed by atoms with van der Waals surface area (Å²) in [5, 5.41) is 0. The van der Waals surface area contributed by atoms with Crippen LogP contribution in [0.5, 0.6) is 0 Å². The molecule has 0 N–H and O–H groups in total. The molecule has 0 aromatic heterocycles. The zero-order chi connectivity index (χ0) is 7.19. The first kappa shape index (κ1) is 7.31. The topological polar surface area (TPSA) is 6.48 Å². The van der Waals surface area contributed by atoms with Crippen molar-refractivity contribution in [2.45, 2.75) is 6.92 Å². The molecule has 1 spiro atoms. The SMILES string of the molecule is CCN1CC2(CN(I)C2)C1. The van der Waals surface area contributed by atoms with Gasteiger partial charge in [-0.3, -0.25) is 0 Å². The molecule has 0 aliphatic carbocycles. The Bertz CT molecular complexity index is 135. The highest BCUT2D eigenvalue weighted by atomic mass is 127. The number of likely N-dealkylation sites (tertiary alicyclic amines) is 1. The molecule has 2 fully saturated rings. The quantitative estimate of drug-likeness (QED) is 0.507. The third kappa shape index (κ3) is 0.987. The van der Waals surface area contributed by atoms with Gasteiger partial charge in [-0.05, 0) is 6.54 Å². The Morgan fingerprint density at radius 1 is 1.30 bits per heavy atom. The zero-order valence-corrected chi connectivity index (χ0v) is 8.47. The normalized spacial score (nSPS) is 31.8. The molecule has 2 nitrogen and oxygen atoms in total. The molecule has 2 saturated heterocycles. The van der Waals surface area contributed by atoms with Crippen LogP contribution in [0, 0.1) is 5.41 Å². The molecule has 0 amide bonds.